The first-order valence-electron chi connectivity index (χ1n) is 5.97. The second kappa shape index (κ2) is 9.23. The van der Waals surface area contributed by atoms with Crippen LogP contribution in [0.25, 0.3) is 0 Å². The maximum absolute atomic E-state index is 11.8. The van der Waals surface area contributed by atoms with Gasteiger partial charge in [0.1, 0.15) is 0 Å². The predicted molar refractivity (Wildman–Crippen MR) is 65.9 cm³/mol. The van der Waals surface area contributed by atoms with Gasteiger partial charge < -0.3 is 10.0 Å². The van der Waals surface area contributed by atoms with Crippen LogP contribution in [0.3, 0.4) is 0 Å². The van der Waals surface area contributed by atoms with Crippen LogP contribution in [-0.2, 0) is 4.79 Å². The van der Waals surface area contributed by atoms with Gasteiger partial charge in [0, 0.05) is 32.0 Å². The third-order valence-corrected chi connectivity index (χ3v) is 2.46. The van der Waals surface area contributed by atoms with Crippen LogP contribution < -0.4 is 0 Å². The Kier molecular flexibility index (Phi) is 8.65. The zero-order valence-corrected chi connectivity index (χ0v) is 10.4. The Morgan fingerprint density at radius 2 is 2.06 bits per heavy atom. The van der Waals surface area contributed by atoms with Gasteiger partial charge in [-0.25, -0.2) is 0 Å². The highest BCUT2D eigenvalue weighted by molar-refractivity contribution is 5.76. The highest BCUT2D eigenvalue weighted by Crippen LogP contribution is 2.07. The summed E-state index contributed by atoms with van der Waals surface area (Å²) in [6, 6.07) is 0.201. The molecule has 0 bridgehead atoms. The molecule has 0 saturated heterocycles. The molecule has 0 unspecified atom stereocenters. The molecule has 0 atom stereocenters. The van der Waals surface area contributed by atoms with Gasteiger partial charge in [0.05, 0.1) is 0 Å². The van der Waals surface area contributed by atoms with Crippen molar-refractivity contribution >= 4 is 5.91 Å². The van der Waals surface area contributed by atoms with E-state index in [4.69, 9.17) is 11.5 Å². The number of aliphatic hydroxyl groups excluding tert-OH is 1. The van der Waals surface area contributed by atoms with Crippen LogP contribution in [0, 0.1) is 12.3 Å². The quantitative estimate of drug-likeness (QED) is 0.505. The van der Waals surface area contributed by atoms with Gasteiger partial charge in [-0.15, -0.1) is 12.3 Å². The first-order chi connectivity index (χ1) is 7.63. The smallest absolute Gasteiger partial charge is 0.222 e. The van der Waals surface area contributed by atoms with E-state index in [1.807, 2.05) is 18.7 Å². The lowest BCUT2D eigenvalue weighted by Crippen LogP contribution is -2.37. The lowest BCUT2D eigenvalue weighted by molar-refractivity contribution is -0.133. The maximum Gasteiger partial charge on any atom is 0.222 e. The Morgan fingerprint density at radius 1 is 1.38 bits per heavy atom. The van der Waals surface area contributed by atoms with Crippen molar-refractivity contribution in [3.05, 3.63) is 0 Å². The summed E-state index contributed by atoms with van der Waals surface area (Å²) in [5.41, 5.74) is 0. The number of hydrogen-bond donors (Lipinski definition) is 1. The molecule has 92 valence electrons. The van der Waals surface area contributed by atoms with E-state index in [0.717, 1.165) is 19.3 Å². The molecule has 3 nitrogen and oxygen atoms in total. The number of hydrogen-bond acceptors (Lipinski definition) is 2. The molecule has 0 aromatic heterocycles. The minimum absolute atomic E-state index is 0.133. The highest BCUT2D eigenvalue weighted by Gasteiger charge is 2.15. The molecule has 0 rings (SSSR count). The Balaban J connectivity index is 3.93. The van der Waals surface area contributed by atoms with Gasteiger partial charge in [-0.2, -0.15) is 0 Å². The topological polar surface area (TPSA) is 40.5 Å². The molecule has 3 heteroatoms. The van der Waals surface area contributed by atoms with Gasteiger partial charge in [-0.1, -0.05) is 0 Å². The summed E-state index contributed by atoms with van der Waals surface area (Å²) in [7, 11) is 0. The van der Waals surface area contributed by atoms with E-state index in [1.54, 1.807) is 0 Å². The molecule has 0 heterocycles. The van der Waals surface area contributed by atoms with Crippen molar-refractivity contribution in [3.8, 4) is 12.3 Å². The monoisotopic (exact) mass is 225 g/mol. The summed E-state index contributed by atoms with van der Waals surface area (Å²) in [5.74, 6) is 2.74. The Labute approximate surface area is 98.8 Å². The van der Waals surface area contributed by atoms with Gasteiger partial charge in [0.25, 0.3) is 0 Å². The van der Waals surface area contributed by atoms with E-state index < -0.39 is 0 Å². The van der Waals surface area contributed by atoms with Crippen LogP contribution in [0.15, 0.2) is 0 Å². The van der Waals surface area contributed by atoms with Crippen LogP contribution >= 0.6 is 0 Å². The number of carbonyl (C=O) groups is 1. The molecule has 0 fully saturated rings. The molecular weight excluding hydrogens is 202 g/mol. The number of unbranched alkanes of at least 4 members (excludes halogenated alkanes) is 2. The molecule has 0 radical (unpaired) electrons. The number of nitrogens with zero attached hydrogens (tertiary/aromatic N) is 1. The molecule has 0 aliphatic rings. The summed E-state index contributed by atoms with van der Waals surface area (Å²) in [6.45, 7) is 4.77. The molecule has 0 aromatic rings. The van der Waals surface area contributed by atoms with E-state index in [-0.39, 0.29) is 18.6 Å². The summed E-state index contributed by atoms with van der Waals surface area (Å²) in [4.78, 5) is 13.7. The Hall–Kier alpha value is -1.01. The summed E-state index contributed by atoms with van der Waals surface area (Å²) >= 11 is 0. The molecular formula is C13H23NO2. The number of carbonyl (C=O) groups excluding carboxylic acids is 1. The SMILES string of the molecule is C#CCCCCC(=O)N(CCCO)C(C)C. The fraction of sp³-hybridized carbons (Fsp3) is 0.769. The molecule has 0 aliphatic heterocycles. The van der Waals surface area contributed by atoms with Gasteiger partial charge in [0.15, 0.2) is 0 Å². The summed E-state index contributed by atoms with van der Waals surface area (Å²) in [6.07, 6.45) is 8.86. The normalized spacial score (nSPS) is 10.2. The number of aliphatic hydroxyl groups is 1. The highest BCUT2D eigenvalue weighted by atomic mass is 16.3. The van der Waals surface area contributed by atoms with Crippen LogP contribution in [0.5, 0.6) is 0 Å². The third kappa shape index (κ3) is 6.47. The molecule has 0 aliphatic carbocycles. The fourth-order valence-electron chi connectivity index (χ4n) is 1.56. The third-order valence-electron chi connectivity index (χ3n) is 2.46. The minimum Gasteiger partial charge on any atom is -0.396 e. The first-order valence-corrected chi connectivity index (χ1v) is 5.97. The first kappa shape index (κ1) is 15.0. The molecule has 1 N–H and O–H groups in total. The second-order valence-corrected chi connectivity index (χ2v) is 4.17. The van der Waals surface area contributed by atoms with Crippen LogP contribution in [0.4, 0.5) is 0 Å². The van der Waals surface area contributed by atoms with Crippen LogP contribution in [0.1, 0.15) is 46.0 Å². The van der Waals surface area contributed by atoms with Crippen LogP contribution in [-0.4, -0.2) is 35.1 Å². The average Bonchev–Trinajstić information content (AvgIpc) is 2.24. The Morgan fingerprint density at radius 3 is 2.56 bits per heavy atom. The molecule has 1 amide bonds. The van der Waals surface area contributed by atoms with Crippen LogP contribution in [0.2, 0.25) is 0 Å². The number of terminal acetylenes is 1. The van der Waals surface area contributed by atoms with E-state index in [2.05, 4.69) is 5.92 Å². The van der Waals surface area contributed by atoms with Gasteiger partial charge in [0.2, 0.25) is 5.91 Å². The van der Waals surface area contributed by atoms with Gasteiger partial charge in [-0.05, 0) is 33.1 Å². The maximum atomic E-state index is 11.8. The van der Waals surface area contributed by atoms with Crippen molar-refractivity contribution in [2.24, 2.45) is 0 Å². The van der Waals surface area contributed by atoms with E-state index in [1.165, 1.54) is 0 Å². The molecule has 0 aromatic carbocycles. The minimum atomic E-state index is 0.133. The van der Waals surface area contributed by atoms with Crippen molar-refractivity contribution < 1.29 is 9.90 Å². The van der Waals surface area contributed by atoms with E-state index >= 15 is 0 Å². The zero-order valence-electron chi connectivity index (χ0n) is 10.4. The lowest BCUT2D eigenvalue weighted by atomic mass is 10.1. The van der Waals surface area contributed by atoms with Gasteiger partial charge in [-0.3, -0.25) is 4.79 Å². The predicted octanol–water partition coefficient (Wildman–Crippen LogP) is 1.80. The second-order valence-electron chi connectivity index (χ2n) is 4.17. The van der Waals surface area contributed by atoms with E-state index in [0.29, 0.717) is 19.4 Å². The number of amides is 1. The summed E-state index contributed by atoms with van der Waals surface area (Å²) < 4.78 is 0. The fourth-order valence-corrected chi connectivity index (χ4v) is 1.56. The van der Waals surface area contributed by atoms with Crippen molar-refractivity contribution in [1.82, 2.24) is 4.90 Å². The summed E-state index contributed by atoms with van der Waals surface area (Å²) in [5, 5.41) is 8.76. The number of rotatable bonds is 8. The van der Waals surface area contributed by atoms with Crippen molar-refractivity contribution in [1.29, 1.82) is 0 Å². The largest absolute Gasteiger partial charge is 0.396 e. The molecule has 16 heavy (non-hydrogen) atoms. The standard InChI is InChI=1S/C13H23NO2/c1-4-5-6-7-9-13(16)14(12(2)3)10-8-11-15/h1,12,15H,5-11H2,2-3H3. The Bertz CT molecular complexity index is 231. The van der Waals surface area contributed by atoms with Gasteiger partial charge >= 0.3 is 0 Å². The van der Waals surface area contributed by atoms with Crippen molar-refractivity contribution in [2.45, 2.75) is 52.0 Å². The lowest BCUT2D eigenvalue weighted by Gasteiger charge is -2.26. The van der Waals surface area contributed by atoms with Crippen molar-refractivity contribution in [3.63, 3.8) is 0 Å². The van der Waals surface area contributed by atoms with E-state index in [9.17, 15) is 4.79 Å². The zero-order chi connectivity index (χ0) is 12.4. The average molecular weight is 225 g/mol. The van der Waals surface area contributed by atoms with Crippen molar-refractivity contribution in [2.75, 3.05) is 13.2 Å². The molecule has 0 spiro atoms. The molecule has 0 saturated carbocycles.